The number of aliphatic hydroxyl groups excluding tert-OH is 1. The van der Waals surface area contributed by atoms with E-state index in [4.69, 9.17) is 19.2 Å². The fraction of sp³-hybridized carbons (Fsp3) is 1.00. The molecule has 5 heteroatoms. The van der Waals surface area contributed by atoms with Crippen LogP contribution in [0, 0.1) is 23.7 Å². The van der Waals surface area contributed by atoms with Crippen LogP contribution < -0.4 is 0 Å². The highest BCUT2D eigenvalue weighted by Gasteiger charge is 2.69. The minimum atomic E-state index is -0.724. The van der Waals surface area contributed by atoms with Gasteiger partial charge >= 0.3 is 0 Å². The molecule has 21 heavy (non-hydrogen) atoms. The molecule has 8 atom stereocenters. The van der Waals surface area contributed by atoms with Gasteiger partial charge in [-0.15, -0.1) is 0 Å². The second kappa shape index (κ2) is 4.65. The molecule has 8 unspecified atom stereocenters. The Bertz CT molecular complexity index is 429. The molecular formula is C16H26O5. The van der Waals surface area contributed by atoms with E-state index in [1.165, 1.54) is 6.42 Å². The number of ether oxygens (including phenoxy) is 2. The molecule has 2 bridgehead atoms. The van der Waals surface area contributed by atoms with E-state index in [9.17, 15) is 5.11 Å². The number of rotatable bonds is 1. The standard InChI is InChI=1S/C16H26O5/c1-9-4-5-12-10(2)13(8-17)18-14-16(12)11(9)6-7-15(3,19-14)20-21-16/h9-14,17H,4-8H2,1-3H3. The summed E-state index contributed by atoms with van der Waals surface area (Å²) in [6.45, 7) is 6.42. The van der Waals surface area contributed by atoms with Crippen LogP contribution in [0.5, 0.6) is 0 Å². The second-order valence-corrected chi connectivity index (χ2v) is 7.63. The van der Waals surface area contributed by atoms with Gasteiger partial charge in [0.15, 0.2) is 11.9 Å². The van der Waals surface area contributed by atoms with Gasteiger partial charge in [0.05, 0.1) is 12.7 Å². The zero-order valence-corrected chi connectivity index (χ0v) is 13.1. The van der Waals surface area contributed by atoms with Crippen LogP contribution in [0.3, 0.4) is 0 Å². The molecule has 4 saturated heterocycles. The van der Waals surface area contributed by atoms with E-state index < -0.39 is 17.7 Å². The Balaban J connectivity index is 1.79. The lowest BCUT2D eigenvalue weighted by Gasteiger charge is -2.60. The van der Waals surface area contributed by atoms with E-state index in [2.05, 4.69) is 13.8 Å². The Morgan fingerprint density at radius 1 is 1.10 bits per heavy atom. The smallest absolute Gasteiger partial charge is 0.201 e. The van der Waals surface area contributed by atoms with E-state index in [0.717, 1.165) is 19.3 Å². The van der Waals surface area contributed by atoms with Gasteiger partial charge in [-0.05, 0) is 43.9 Å². The van der Waals surface area contributed by atoms with Crippen molar-refractivity contribution < 1.29 is 24.4 Å². The fourth-order valence-electron chi connectivity index (χ4n) is 5.19. The van der Waals surface area contributed by atoms with Gasteiger partial charge in [-0.1, -0.05) is 13.8 Å². The highest BCUT2D eigenvalue weighted by molar-refractivity contribution is 5.09. The van der Waals surface area contributed by atoms with Gasteiger partial charge in [-0.3, -0.25) is 0 Å². The van der Waals surface area contributed by atoms with E-state index in [1.54, 1.807) is 0 Å². The van der Waals surface area contributed by atoms with Crippen molar-refractivity contribution in [3.63, 3.8) is 0 Å². The predicted molar refractivity (Wildman–Crippen MR) is 73.9 cm³/mol. The molecule has 5 aliphatic rings. The highest BCUT2D eigenvalue weighted by Crippen LogP contribution is 2.60. The van der Waals surface area contributed by atoms with Gasteiger partial charge < -0.3 is 14.6 Å². The van der Waals surface area contributed by atoms with Gasteiger partial charge in [0.2, 0.25) is 5.79 Å². The summed E-state index contributed by atoms with van der Waals surface area (Å²) in [5.74, 6) is 0.816. The number of aliphatic hydroxyl groups is 1. The van der Waals surface area contributed by atoms with Gasteiger partial charge in [-0.25, -0.2) is 9.78 Å². The van der Waals surface area contributed by atoms with Gasteiger partial charge in [0.1, 0.15) is 0 Å². The van der Waals surface area contributed by atoms with Gasteiger partial charge in [0, 0.05) is 12.3 Å². The van der Waals surface area contributed by atoms with Crippen molar-refractivity contribution in [2.45, 2.75) is 70.2 Å². The maximum atomic E-state index is 9.65. The van der Waals surface area contributed by atoms with Crippen molar-refractivity contribution in [3.05, 3.63) is 0 Å². The van der Waals surface area contributed by atoms with Gasteiger partial charge in [-0.2, -0.15) is 0 Å². The lowest BCUT2D eigenvalue weighted by Crippen LogP contribution is -2.70. The third-order valence-corrected chi connectivity index (χ3v) is 6.47. The summed E-state index contributed by atoms with van der Waals surface area (Å²) in [5, 5.41) is 9.65. The molecule has 0 aromatic rings. The molecule has 0 aromatic heterocycles. The zero-order valence-electron chi connectivity index (χ0n) is 13.1. The Hall–Kier alpha value is -0.200. The number of hydrogen-bond donors (Lipinski definition) is 1. The average molecular weight is 298 g/mol. The molecule has 120 valence electrons. The number of fused-ring (bicyclic) bond motifs is 2. The molecule has 0 aromatic carbocycles. The van der Waals surface area contributed by atoms with Crippen LogP contribution in [-0.2, 0) is 19.2 Å². The molecule has 1 saturated carbocycles. The lowest BCUT2D eigenvalue weighted by molar-refractivity contribution is -0.571. The topological polar surface area (TPSA) is 57.2 Å². The molecular weight excluding hydrogens is 272 g/mol. The first-order valence-corrected chi connectivity index (χ1v) is 8.31. The summed E-state index contributed by atoms with van der Waals surface area (Å²) in [5.41, 5.74) is -0.501. The first-order chi connectivity index (χ1) is 10.00. The summed E-state index contributed by atoms with van der Waals surface area (Å²) >= 11 is 0. The highest BCUT2D eigenvalue weighted by atomic mass is 17.3. The molecule has 1 spiro atoms. The Labute approximate surface area is 125 Å². The quantitative estimate of drug-likeness (QED) is 0.752. The largest absolute Gasteiger partial charge is 0.394 e. The van der Waals surface area contributed by atoms with Crippen molar-refractivity contribution in [1.82, 2.24) is 0 Å². The maximum absolute atomic E-state index is 9.65. The van der Waals surface area contributed by atoms with Crippen molar-refractivity contribution in [3.8, 4) is 0 Å². The van der Waals surface area contributed by atoms with E-state index in [-0.39, 0.29) is 18.6 Å². The summed E-state index contributed by atoms with van der Waals surface area (Å²) in [6.07, 6.45) is 3.56. The summed E-state index contributed by atoms with van der Waals surface area (Å²) in [6, 6.07) is 0. The normalized spacial score (nSPS) is 59.4. The van der Waals surface area contributed by atoms with E-state index >= 15 is 0 Å². The summed E-state index contributed by atoms with van der Waals surface area (Å²) < 4.78 is 12.3. The third-order valence-electron chi connectivity index (χ3n) is 6.47. The minimum absolute atomic E-state index is 0.0331. The van der Waals surface area contributed by atoms with Crippen LogP contribution in [0.25, 0.3) is 0 Å². The number of hydrogen-bond acceptors (Lipinski definition) is 5. The molecule has 5 fully saturated rings. The molecule has 1 N–H and O–H groups in total. The van der Waals surface area contributed by atoms with Crippen molar-refractivity contribution in [2.24, 2.45) is 23.7 Å². The Kier molecular flexibility index (Phi) is 3.19. The lowest BCUT2D eigenvalue weighted by atomic mass is 9.57. The average Bonchev–Trinajstić information content (AvgIpc) is 2.69. The van der Waals surface area contributed by atoms with Crippen LogP contribution in [0.15, 0.2) is 0 Å². The van der Waals surface area contributed by atoms with Crippen LogP contribution >= 0.6 is 0 Å². The monoisotopic (exact) mass is 298 g/mol. The molecule has 0 amide bonds. The molecule has 4 aliphatic heterocycles. The van der Waals surface area contributed by atoms with E-state index in [1.807, 2.05) is 6.92 Å². The SMILES string of the molecule is CC1CCC2C(C)C(CO)OC3OC4(C)CCC1C32OO4. The summed E-state index contributed by atoms with van der Waals surface area (Å²) in [4.78, 5) is 11.8. The Morgan fingerprint density at radius 2 is 1.90 bits per heavy atom. The summed E-state index contributed by atoms with van der Waals surface area (Å²) in [7, 11) is 0. The van der Waals surface area contributed by atoms with E-state index in [0.29, 0.717) is 17.8 Å². The minimum Gasteiger partial charge on any atom is -0.394 e. The molecule has 1 aliphatic carbocycles. The molecule has 5 rings (SSSR count). The first kappa shape index (κ1) is 14.4. The fourth-order valence-corrected chi connectivity index (χ4v) is 5.19. The predicted octanol–water partition coefficient (Wildman–Crippen LogP) is 2.23. The third kappa shape index (κ3) is 1.81. The van der Waals surface area contributed by atoms with Crippen molar-refractivity contribution in [2.75, 3.05) is 6.61 Å². The first-order valence-electron chi connectivity index (χ1n) is 8.31. The van der Waals surface area contributed by atoms with Gasteiger partial charge in [0.25, 0.3) is 0 Å². The molecule has 5 nitrogen and oxygen atoms in total. The van der Waals surface area contributed by atoms with Crippen LogP contribution in [-0.4, -0.2) is 35.5 Å². The zero-order chi connectivity index (χ0) is 14.8. The van der Waals surface area contributed by atoms with Crippen LogP contribution in [0.4, 0.5) is 0 Å². The maximum Gasteiger partial charge on any atom is 0.201 e. The van der Waals surface area contributed by atoms with Crippen LogP contribution in [0.1, 0.15) is 46.5 Å². The van der Waals surface area contributed by atoms with Crippen molar-refractivity contribution >= 4 is 0 Å². The van der Waals surface area contributed by atoms with Crippen molar-refractivity contribution in [1.29, 1.82) is 0 Å². The molecule has 0 radical (unpaired) electrons. The molecule has 4 heterocycles. The van der Waals surface area contributed by atoms with Crippen LogP contribution in [0.2, 0.25) is 0 Å². The Morgan fingerprint density at radius 3 is 2.67 bits per heavy atom. The second-order valence-electron chi connectivity index (χ2n) is 7.63.